The zero-order chi connectivity index (χ0) is 17.8. The minimum atomic E-state index is -1.01. The second-order valence-electron chi connectivity index (χ2n) is 6.18. The van der Waals surface area contributed by atoms with Crippen molar-refractivity contribution >= 4 is 11.9 Å². The van der Waals surface area contributed by atoms with E-state index in [4.69, 9.17) is 9.84 Å². The topological polar surface area (TPSA) is 93.5 Å². The molecule has 1 unspecified atom stereocenters. The molecule has 1 aliphatic rings. The predicted octanol–water partition coefficient (Wildman–Crippen LogP) is 2.02. The molecule has 7 heteroatoms. The Labute approximate surface area is 145 Å². The molecule has 1 aliphatic heterocycles. The molecule has 2 aromatic rings. The lowest BCUT2D eigenvalue weighted by Crippen LogP contribution is -2.37. The molecule has 1 aromatic heterocycles. The Bertz CT molecular complexity index is 748. The van der Waals surface area contributed by atoms with Crippen LogP contribution in [0, 0.1) is 5.92 Å². The van der Waals surface area contributed by atoms with Crippen LogP contribution in [0.3, 0.4) is 0 Å². The Kier molecular flexibility index (Phi) is 5.14. The van der Waals surface area contributed by atoms with Crippen molar-refractivity contribution in [1.29, 1.82) is 0 Å². The molecule has 2 N–H and O–H groups in total. The molecular formula is C18H21N3O4. The van der Waals surface area contributed by atoms with Gasteiger partial charge in [0.1, 0.15) is 5.82 Å². The summed E-state index contributed by atoms with van der Waals surface area (Å²) in [7, 11) is 1.91. The largest absolute Gasteiger partial charge is 0.478 e. The quantitative estimate of drug-likeness (QED) is 0.866. The lowest BCUT2D eigenvalue weighted by molar-refractivity contribution is 0.0499. The van der Waals surface area contributed by atoms with Crippen LogP contribution in [0.15, 0.2) is 36.7 Å². The summed E-state index contributed by atoms with van der Waals surface area (Å²) in [5.41, 5.74) is 0.581. The van der Waals surface area contributed by atoms with Gasteiger partial charge in [0.15, 0.2) is 0 Å². The van der Waals surface area contributed by atoms with E-state index in [-0.39, 0.29) is 23.4 Å². The number of aromatic nitrogens is 2. The van der Waals surface area contributed by atoms with Gasteiger partial charge in [-0.1, -0.05) is 0 Å². The van der Waals surface area contributed by atoms with E-state index in [1.165, 1.54) is 24.3 Å². The normalized spacial score (nSPS) is 16.4. The average Bonchev–Trinajstić information content (AvgIpc) is 3.06. The van der Waals surface area contributed by atoms with Crippen LogP contribution in [0.2, 0.25) is 0 Å². The Morgan fingerprint density at radius 1 is 1.24 bits per heavy atom. The van der Waals surface area contributed by atoms with Crippen molar-refractivity contribution < 1.29 is 19.4 Å². The Morgan fingerprint density at radius 3 is 2.44 bits per heavy atom. The van der Waals surface area contributed by atoms with Crippen molar-refractivity contribution in [3.05, 3.63) is 53.6 Å². The van der Waals surface area contributed by atoms with Crippen LogP contribution in [0.5, 0.6) is 0 Å². The number of carboxylic acid groups (broad SMARTS) is 1. The summed E-state index contributed by atoms with van der Waals surface area (Å²) < 4.78 is 7.34. The third-order valence-electron chi connectivity index (χ3n) is 4.55. The van der Waals surface area contributed by atoms with E-state index in [0.29, 0.717) is 18.8 Å². The van der Waals surface area contributed by atoms with Gasteiger partial charge in [0.2, 0.25) is 0 Å². The summed E-state index contributed by atoms with van der Waals surface area (Å²) in [5, 5.41) is 12.0. The Hall–Kier alpha value is -2.67. The van der Waals surface area contributed by atoms with E-state index in [1.807, 2.05) is 17.8 Å². The highest BCUT2D eigenvalue weighted by Crippen LogP contribution is 2.29. The number of carboxylic acids is 1. The van der Waals surface area contributed by atoms with Crippen LogP contribution in [0.25, 0.3) is 0 Å². The summed E-state index contributed by atoms with van der Waals surface area (Å²) in [5.74, 6) is -0.198. The summed E-state index contributed by atoms with van der Waals surface area (Å²) >= 11 is 0. The number of imidazole rings is 1. The molecule has 7 nitrogen and oxygen atoms in total. The zero-order valence-corrected chi connectivity index (χ0v) is 14.0. The summed E-state index contributed by atoms with van der Waals surface area (Å²) in [4.78, 5) is 28.0. The maximum atomic E-state index is 12.7. The number of carbonyl (C=O) groups excluding carboxylic acids is 1. The summed E-state index contributed by atoms with van der Waals surface area (Å²) in [6.07, 6.45) is 5.29. The second-order valence-corrected chi connectivity index (χ2v) is 6.18. The number of rotatable bonds is 5. The van der Waals surface area contributed by atoms with Crippen molar-refractivity contribution in [2.24, 2.45) is 13.0 Å². The minimum Gasteiger partial charge on any atom is -0.478 e. The number of aryl methyl sites for hydroxylation is 1. The van der Waals surface area contributed by atoms with Crippen LogP contribution in [0.1, 0.15) is 45.4 Å². The monoisotopic (exact) mass is 343 g/mol. The van der Waals surface area contributed by atoms with Gasteiger partial charge in [-0.15, -0.1) is 0 Å². The van der Waals surface area contributed by atoms with E-state index < -0.39 is 5.97 Å². The summed E-state index contributed by atoms with van der Waals surface area (Å²) in [6, 6.07) is 5.70. The number of benzene rings is 1. The second kappa shape index (κ2) is 7.48. The van der Waals surface area contributed by atoms with E-state index in [0.717, 1.165) is 18.7 Å². The van der Waals surface area contributed by atoms with Crippen LogP contribution in [0.4, 0.5) is 0 Å². The molecule has 1 amide bonds. The van der Waals surface area contributed by atoms with Gasteiger partial charge in [-0.3, -0.25) is 4.79 Å². The number of nitrogens with one attached hydrogen (secondary N) is 1. The molecule has 0 aliphatic carbocycles. The molecule has 0 bridgehead atoms. The highest BCUT2D eigenvalue weighted by atomic mass is 16.5. The third kappa shape index (κ3) is 3.88. The van der Waals surface area contributed by atoms with Gasteiger partial charge in [-0.05, 0) is 43.0 Å². The fourth-order valence-corrected chi connectivity index (χ4v) is 3.11. The summed E-state index contributed by atoms with van der Waals surface area (Å²) in [6.45, 7) is 1.35. The fraction of sp³-hybridized carbons (Fsp3) is 0.389. The van der Waals surface area contributed by atoms with Crippen LogP contribution < -0.4 is 5.32 Å². The molecule has 25 heavy (non-hydrogen) atoms. The molecule has 0 saturated carbocycles. The number of ether oxygens (including phenoxy) is 1. The highest BCUT2D eigenvalue weighted by molar-refractivity contribution is 5.96. The van der Waals surface area contributed by atoms with Crippen molar-refractivity contribution in [3.8, 4) is 0 Å². The number of aromatic carboxylic acids is 1. The van der Waals surface area contributed by atoms with Crippen molar-refractivity contribution in [3.63, 3.8) is 0 Å². The van der Waals surface area contributed by atoms with Crippen LogP contribution in [-0.2, 0) is 11.8 Å². The first-order valence-corrected chi connectivity index (χ1v) is 8.25. The standard InChI is InChI=1S/C18H21N3O4/c1-21-9-8-19-16(21)15(12-6-10-25-11-7-12)20-17(22)13-2-4-14(5-3-13)18(23)24/h2-5,8-9,12,15H,6-7,10-11H2,1H3,(H,20,22)(H,23,24). The van der Waals surface area contributed by atoms with Crippen LogP contribution in [-0.4, -0.2) is 39.7 Å². The van der Waals surface area contributed by atoms with Gasteiger partial charge < -0.3 is 19.7 Å². The van der Waals surface area contributed by atoms with Crippen LogP contribution >= 0.6 is 0 Å². The van der Waals surface area contributed by atoms with E-state index in [2.05, 4.69) is 10.3 Å². The van der Waals surface area contributed by atoms with Gasteiger partial charge in [-0.2, -0.15) is 0 Å². The van der Waals surface area contributed by atoms with E-state index in [9.17, 15) is 9.59 Å². The smallest absolute Gasteiger partial charge is 0.335 e. The Balaban J connectivity index is 1.80. The molecule has 132 valence electrons. The molecular weight excluding hydrogens is 322 g/mol. The van der Waals surface area contributed by atoms with Crippen molar-refractivity contribution in [2.45, 2.75) is 18.9 Å². The van der Waals surface area contributed by atoms with Gasteiger partial charge >= 0.3 is 5.97 Å². The predicted molar refractivity (Wildman–Crippen MR) is 90.4 cm³/mol. The van der Waals surface area contributed by atoms with E-state index in [1.54, 1.807) is 6.20 Å². The molecule has 1 atom stereocenters. The Morgan fingerprint density at radius 2 is 1.88 bits per heavy atom. The molecule has 1 saturated heterocycles. The highest BCUT2D eigenvalue weighted by Gasteiger charge is 2.29. The fourth-order valence-electron chi connectivity index (χ4n) is 3.11. The lowest BCUT2D eigenvalue weighted by atomic mass is 9.90. The first-order valence-electron chi connectivity index (χ1n) is 8.25. The molecule has 3 rings (SSSR count). The number of carbonyl (C=O) groups is 2. The van der Waals surface area contributed by atoms with Gasteiger partial charge in [-0.25, -0.2) is 9.78 Å². The maximum Gasteiger partial charge on any atom is 0.335 e. The lowest BCUT2D eigenvalue weighted by Gasteiger charge is -2.30. The molecule has 0 radical (unpaired) electrons. The molecule has 1 fully saturated rings. The third-order valence-corrected chi connectivity index (χ3v) is 4.55. The molecule has 1 aromatic carbocycles. The van der Waals surface area contributed by atoms with Gasteiger partial charge in [0, 0.05) is 38.2 Å². The number of hydrogen-bond donors (Lipinski definition) is 2. The average molecular weight is 343 g/mol. The SMILES string of the molecule is Cn1ccnc1C(NC(=O)c1ccc(C(=O)O)cc1)C1CCOCC1. The maximum absolute atomic E-state index is 12.7. The minimum absolute atomic E-state index is 0.154. The number of amides is 1. The zero-order valence-electron chi connectivity index (χ0n) is 14.0. The molecule has 0 spiro atoms. The van der Waals surface area contributed by atoms with Gasteiger partial charge in [0.25, 0.3) is 5.91 Å². The first-order chi connectivity index (χ1) is 12.1. The number of hydrogen-bond acceptors (Lipinski definition) is 4. The van der Waals surface area contributed by atoms with E-state index >= 15 is 0 Å². The molecule has 2 heterocycles. The number of nitrogens with zero attached hydrogens (tertiary/aromatic N) is 2. The first kappa shape index (κ1) is 17.2. The van der Waals surface area contributed by atoms with Crippen molar-refractivity contribution in [1.82, 2.24) is 14.9 Å². The van der Waals surface area contributed by atoms with Crippen molar-refractivity contribution in [2.75, 3.05) is 13.2 Å². The van der Waals surface area contributed by atoms with Gasteiger partial charge in [0.05, 0.1) is 11.6 Å².